The number of rotatable bonds is 4. The standard InChI is InChI=1S/C32H25N/c1-2-23-9-8-12-26(21-23)27-17-20-32-30(22-27)29-13-6-7-14-31(29)33(32)28-18-15-25(16-19-28)24-10-4-3-5-11-24/h3-22H,2H2,1H3. The molecule has 0 bridgehead atoms. The molecule has 1 nitrogen and oxygen atoms in total. The topological polar surface area (TPSA) is 4.93 Å². The summed E-state index contributed by atoms with van der Waals surface area (Å²) in [5.74, 6) is 0. The molecule has 5 aromatic carbocycles. The Bertz CT molecular complexity index is 1570. The first-order valence-electron chi connectivity index (χ1n) is 11.6. The van der Waals surface area contributed by atoms with Gasteiger partial charge in [-0.2, -0.15) is 0 Å². The van der Waals surface area contributed by atoms with Gasteiger partial charge >= 0.3 is 0 Å². The van der Waals surface area contributed by atoms with Crippen LogP contribution in [0.25, 0.3) is 49.7 Å². The van der Waals surface area contributed by atoms with E-state index in [2.05, 4.69) is 133 Å². The number of para-hydroxylation sites is 1. The van der Waals surface area contributed by atoms with Crippen molar-refractivity contribution in [3.05, 3.63) is 127 Å². The number of hydrogen-bond donors (Lipinski definition) is 0. The molecule has 0 aliphatic heterocycles. The second kappa shape index (κ2) is 8.11. The number of benzene rings is 5. The van der Waals surface area contributed by atoms with Gasteiger partial charge in [-0.3, -0.25) is 0 Å². The molecule has 1 heteroatoms. The summed E-state index contributed by atoms with van der Waals surface area (Å²) in [6.07, 6.45) is 1.05. The maximum absolute atomic E-state index is 2.38. The molecule has 33 heavy (non-hydrogen) atoms. The number of aryl methyl sites for hydroxylation is 1. The highest BCUT2D eigenvalue weighted by molar-refractivity contribution is 6.10. The Morgan fingerprint density at radius 1 is 0.485 bits per heavy atom. The van der Waals surface area contributed by atoms with Crippen LogP contribution in [0.4, 0.5) is 0 Å². The lowest BCUT2D eigenvalue weighted by atomic mass is 10.00. The Balaban J connectivity index is 1.52. The maximum atomic E-state index is 2.38. The van der Waals surface area contributed by atoms with E-state index < -0.39 is 0 Å². The highest BCUT2D eigenvalue weighted by atomic mass is 15.0. The lowest BCUT2D eigenvalue weighted by Crippen LogP contribution is -1.93. The van der Waals surface area contributed by atoms with Crippen molar-refractivity contribution in [2.45, 2.75) is 13.3 Å². The summed E-state index contributed by atoms with van der Waals surface area (Å²) in [6.45, 7) is 2.21. The number of fused-ring (bicyclic) bond motifs is 3. The number of aromatic nitrogens is 1. The van der Waals surface area contributed by atoms with Gasteiger partial charge in [0.15, 0.2) is 0 Å². The van der Waals surface area contributed by atoms with E-state index in [1.54, 1.807) is 0 Å². The van der Waals surface area contributed by atoms with Crippen LogP contribution in [0.1, 0.15) is 12.5 Å². The predicted molar refractivity (Wildman–Crippen MR) is 141 cm³/mol. The van der Waals surface area contributed by atoms with Crippen LogP contribution in [0.5, 0.6) is 0 Å². The van der Waals surface area contributed by atoms with Crippen LogP contribution in [0.2, 0.25) is 0 Å². The van der Waals surface area contributed by atoms with E-state index >= 15 is 0 Å². The van der Waals surface area contributed by atoms with E-state index in [0.717, 1.165) is 6.42 Å². The summed E-state index contributed by atoms with van der Waals surface area (Å²) >= 11 is 0. The summed E-state index contributed by atoms with van der Waals surface area (Å²) in [5.41, 5.74) is 10.0. The van der Waals surface area contributed by atoms with E-state index in [-0.39, 0.29) is 0 Å². The van der Waals surface area contributed by atoms with E-state index in [9.17, 15) is 0 Å². The Hall–Kier alpha value is -4.10. The maximum Gasteiger partial charge on any atom is 0.0541 e. The largest absolute Gasteiger partial charge is 0.309 e. The quantitative estimate of drug-likeness (QED) is 0.267. The van der Waals surface area contributed by atoms with Crippen LogP contribution in [0.3, 0.4) is 0 Å². The van der Waals surface area contributed by atoms with Crippen LogP contribution in [0, 0.1) is 0 Å². The Labute approximate surface area is 194 Å². The van der Waals surface area contributed by atoms with Gasteiger partial charge in [-0.1, -0.05) is 97.9 Å². The summed E-state index contributed by atoms with van der Waals surface area (Å²) in [7, 11) is 0. The SMILES string of the molecule is CCc1cccc(-c2ccc3c(c2)c2ccccc2n3-c2ccc(-c3ccccc3)cc2)c1. The zero-order valence-corrected chi connectivity index (χ0v) is 18.7. The fourth-order valence-corrected chi connectivity index (χ4v) is 4.84. The minimum absolute atomic E-state index is 1.05. The molecule has 0 unspecified atom stereocenters. The molecule has 6 rings (SSSR count). The van der Waals surface area contributed by atoms with Gasteiger partial charge in [0.2, 0.25) is 0 Å². The zero-order chi connectivity index (χ0) is 22.2. The van der Waals surface area contributed by atoms with Gasteiger partial charge in [-0.15, -0.1) is 0 Å². The van der Waals surface area contributed by atoms with Gasteiger partial charge in [-0.05, 0) is 64.6 Å². The van der Waals surface area contributed by atoms with Crippen LogP contribution < -0.4 is 0 Å². The smallest absolute Gasteiger partial charge is 0.0541 e. The third kappa shape index (κ3) is 3.43. The van der Waals surface area contributed by atoms with Crippen molar-refractivity contribution < 1.29 is 0 Å². The first-order chi connectivity index (χ1) is 16.3. The first kappa shape index (κ1) is 19.6. The highest BCUT2D eigenvalue weighted by Gasteiger charge is 2.13. The fraction of sp³-hybridized carbons (Fsp3) is 0.0625. The minimum Gasteiger partial charge on any atom is -0.309 e. The van der Waals surface area contributed by atoms with Crippen LogP contribution in [-0.2, 0) is 6.42 Å². The Kier molecular flexibility index (Phi) is 4.81. The molecule has 0 saturated carbocycles. The third-order valence-electron chi connectivity index (χ3n) is 6.57. The second-order valence-corrected chi connectivity index (χ2v) is 8.55. The lowest BCUT2D eigenvalue weighted by molar-refractivity contribution is 1.14. The van der Waals surface area contributed by atoms with Crippen molar-refractivity contribution in [2.24, 2.45) is 0 Å². The molecule has 0 aliphatic rings. The molecule has 0 amide bonds. The van der Waals surface area contributed by atoms with Crippen molar-refractivity contribution in [3.63, 3.8) is 0 Å². The average molecular weight is 424 g/mol. The Morgan fingerprint density at radius 3 is 1.94 bits per heavy atom. The number of hydrogen-bond acceptors (Lipinski definition) is 0. The van der Waals surface area contributed by atoms with Crippen LogP contribution >= 0.6 is 0 Å². The van der Waals surface area contributed by atoms with Crippen molar-refractivity contribution in [1.82, 2.24) is 4.57 Å². The summed E-state index contributed by atoms with van der Waals surface area (Å²) in [6, 6.07) is 43.9. The van der Waals surface area contributed by atoms with Gasteiger partial charge in [0, 0.05) is 16.5 Å². The van der Waals surface area contributed by atoms with Crippen molar-refractivity contribution >= 4 is 21.8 Å². The molecule has 158 valence electrons. The van der Waals surface area contributed by atoms with Gasteiger partial charge < -0.3 is 4.57 Å². The predicted octanol–water partition coefficient (Wildman–Crippen LogP) is 8.68. The first-order valence-corrected chi connectivity index (χ1v) is 11.6. The molecule has 0 fully saturated rings. The molecule has 0 N–H and O–H groups in total. The molecule has 0 saturated heterocycles. The van der Waals surface area contributed by atoms with Crippen molar-refractivity contribution in [1.29, 1.82) is 0 Å². The Morgan fingerprint density at radius 2 is 1.12 bits per heavy atom. The van der Waals surface area contributed by atoms with Gasteiger partial charge in [0.25, 0.3) is 0 Å². The lowest BCUT2D eigenvalue weighted by Gasteiger charge is -2.10. The second-order valence-electron chi connectivity index (χ2n) is 8.55. The van der Waals surface area contributed by atoms with Crippen LogP contribution in [0.15, 0.2) is 121 Å². The van der Waals surface area contributed by atoms with Crippen molar-refractivity contribution in [2.75, 3.05) is 0 Å². The summed E-state index contributed by atoms with van der Waals surface area (Å²) in [4.78, 5) is 0. The minimum atomic E-state index is 1.05. The summed E-state index contributed by atoms with van der Waals surface area (Å²) < 4.78 is 2.38. The normalized spacial score (nSPS) is 11.3. The fourth-order valence-electron chi connectivity index (χ4n) is 4.84. The molecular formula is C32H25N. The molecule has 0 atom stereocenters. The number of nitrogens with zero attached hydrogens (tertiary/aromatic N) is 1. The van der Waals surface area contributed by atoms with E-state index in [1.165, 1.54) is 55.3 Å². The molecular weight excluding hydrogens is 398 g/mol. The van der Waals surface area contributed by atoms with Gasteiger partial charge in [0.1, 0.15) is 0 Å². The van der Waals surface area contributed by atoms with E-state index in [0.29, 0.717) is 0 Å². The molecule has 1 aromatic heterocycles. The molecule has 6 aromatic rings. The third-order valence-corrected chi connectivity index (χ3v) is 6.57. The van der Waals surface area contributed by atoms with Gasteiger partial charge in [0.05, 0.1) is 11.0 Å². The van der Waals surface area contributed by atoms with E-state index in [4.69, 9.17) is 0 Å². The zero-order valence-electron chi connectivity index (χ0n) is 18.7. The molecule has 0 radical (unpaired) electrons. The van der Waals surface area contributed by atoms with Gasteiger partial charge in [-0.25, -0.2) is 0 Å². The van der Waals surface area contributed by atoms with Crippen LogP contribution in [-0.4, -0.2) is 4.57 Å². The average Bonchev–Trinajstić information content (AvgIpc) is 3.23. The molecule has 0 spiro atoms. The highest BCUT2D eigenvalue weighted by Crippen LogP contribution is 2.35. The summed E-state index contributed by atoms with van der Waals surface area (Å²) in [5, 5.41) is 2.57. The molecule has 0 aliphatic carbocycles. The van der Waals surface area contributed by atoms with E-state index in [1.807, 2.05) is 0 Å². The van der Waals surface area contributed by atoms with Crippen molar-refractivity contribution in [3.8, 4) is 27.9 Å². The molecule has 1 heterocycles. The monoisotopic (exact) mass is 423 g/mol.